The van der Waals surface area contributed by atoms with E-state index in [0.29, 0.717) is 0 Å². The molecule has 0 saturated carbocycles. The van der Waals surface area contributed by atoms with Crippen molar-refractivity contribution in [2.24, 2.45) is 0 Å². The molecule has 1 amide bonds. The molecule has 0 bridgehead atoms. The zero-order valence-corrected chi connectivity index (χ0v) is 14.5. The second-order valence-corrected chi connectivity index (χ2v) is 7.61. The average molecular weight is 387 g/mol. The van der Waals surface area contributed by atoms with Gasteiger partial charge in [-0.2, -0.15) is 8.78 Å². The lowest BCUT2D eigenvalue weighted by Gasteiger charge is -2.15. The fraction of sp³-hybridized carbons (Fsp3) is 0.235. The van der Waals surface area contributed by atoms with E-state index in [9.17, 15) is 26.4 Å². The Labute approximate surface area is 148 Å². The Morgan fingerprint density at radius 2 is 1.73 bits per heavy atom. The van der Waals surface area contributed by atoms with Crippen molar-refractivity contribution in [3.8, 4) is 5.75 Å². The van der Waals surface area contributed by atoms with Crippen LogP contribution in [0.25, 0.3) is 0 Å². The lowest BCUT2D eigenvalue weighted by molar-refractivity contribution is -0.120. The fourth-order valence-corrected chi connectivity index (χ4v) is 3.45. The Bertz CT molecular complexity index is 870. The van der Waals surface area contributed by atoms with E-state index in [1.54, 1.807) is 6.07 Å². The fourth-order valence-electron chi connectivity index (χ4n) is 2.16. The number of benzene rings is 2. The van der Waals surface area contributed by atoms with Crippen molar-refractivity contribution in [1.29, 1.82) is 0 Å². The summed E-state index contributed by atoms with van der Waals surface area (Å²) in [5, 5.41) is 0.935. The second-order valence-electron chi connectivity index (χ2n) is 5.35. The number of nitrogens with one attached hydrogen (secondary N) is 1. The van der Waals surface area contributed by atoms with Gasteiger partial charge in [0.05, 0.1) is 4.90 Å². The van der Waals surface area contributed by atoms with Gasteiger partial charge in [0.25, 0.3) is 0 Å². The van der Waals surface area contributed by atoms with Crippen molar-refractivity contribution in [1.82, 2.24) is 5.32 Å². The molecule has 0 fully saturated rings. The summed E-state index contributed by atoms with van der Waals surface area (Å²) in [6.45, 7) is -2.02. The number of ether oxygens (including phenoxy) is 1. The Morgan fingerprint density at radius 1 is 1.12 bits per heavy atom. The lowest BCUT2D eigenvalue weighted by atomic mass is 10.2. The van der Waals surface area contributed by atoms with E-state index >= 15 is 0 Å². The molecule has 0 heterocycles. The number of hydrogen-bond donors (Lipinski definition) is 1. The maximum atomic E-state index is 12.9. The summed E-state index contributed by atoms with van der Waals surface area (Å²) in [6.07, 6.45) is 0. The van der Waals surface area contributed by atoms with Crippen LogP contribution in [0.4, 0.5) is 13.2 Å². The molecule has 140 valence electrons. The third-order valence-electron chi connectivity index (χ3n) is 3.62. The number of amides is 1. The molecule has 0 aliphatic heterocycles. The normalized spacial score (nSPS) is 12.7. The Kier molecular flexibility index (Phi) is 6.25. The summed E-state index contributed by atoms with van der Waals surface area (Å²) in [5.41, 5.74) is 0.271. The van der Waals surface area contributed by atoms with E-state index < -0.39 is 33.4 Å². The Morgan fingerprint density at radius 3 is 2.35 bits per heavy atom. The van der Waals surface area contributed by atoms with Crippen LogP contribution in [0.3, 0.4) is 0 Å². The minimum absolute atomic E-state index is 0.114. The molecule has 0 aliphatic carbocycles. The maximum absolute atomic E-state index is 12.9. The lowest BCUT2D eigenvalue weighted by Crippen LogP contribution is -2.37. The Hall–Kier alpha value is -2.55. The van der Waals surface area contributed by atoms with Crippen LogP contribution in [-0.4, -0.2) is 26.2 Å². The molecule has 1 atom stereocenters. The molecule has 0 spiro atoms. The van der Waals surface area contributed by atoms with Gasteiger partial charge in [-0.3, -0.25) is 4.79 Å². The molecule has 2 rings (SSSR count). The zero-order valence-electron chi connectivity index (χ0n) is 13.7. The van der Waals surface area contributed by atoms with Crippen LogP contribution in [-0.2, 0) is 21.2 Å². The largest absolute Gasteiger partial charge is 0.434 e. The van der Waals surface area contributed by atoms with Crippen molar-refractivity contribution < 1.29 is 31.1 Å². The first-order valence-corrected chi connectivity index (χ1v) is 9.06. The molecule has 9 heteroatoms. The minimum atomic E-state index is -4.02. The van der Waals surface area contributed by atoms with Crippen LogP contribution in [0.2, 0.25) is 0 Å². The number of carbonyl (C=O) groups excluding carboxylic acids is 1. The molecule has 1 N–H and O–H groups in total. The van der Waals surface area contributed by atoms with Crippen LogP contribution in [0.15, 0.2) is 53.4 Å². The van der Waals surface area contributed by atoms with Crippen molar-refractivity contribution in [3.05, 3.63) is 59.9 Å². The van der Waals surface area contributed by atoms with E-state index in [1.165, 1.54) is 25.1 Å². The van der Waals surface area contributed by atoms with Gasteiger partial charge in [0.1, 0.15) is 16.8 Å². The summed E-state index contributed by atoms with van der Waals surface area (Å²) in [5.74, 6) is -1.53. The highest BCUT2D eigenvalue weighted by Crippen LogP contribution is 2.21. The minimum Gasteiger partial charge on any atom is -0.434 e. The van der Waals surface area contributed by atoms with Gasteiger partial charge in [-0.05, 0) is 37.3 Å². The standard InChI is InChI=1S/C17H16F3NO4S/c1-11(26(23,24)14-8-6-13(18)7-9-14)16(22)21-10-12-4-2-3-5-15(12)25-17(19)20/h2-9,11,17H,10H2,1H3,(H,21,22). The number of sulfone groups is 1. The predicted molar refractivity (Wildman–Crippen MR) is 88.0 cm³/mol. The molecule has 5 nitrogen and oxygen atoms in total. The van der Waals surface area contributed by atoms with Crippen molar-refractivity contribution in [3.63, 3.8) is 0 Å². The molecule has 0 radical (unpaired) electrons. The SMILES string of the molecule is CC(C(=O)NCc1ccccc1OC(F)F)S(=O)(=O)c1ccc(F)cc1. The van der Waals surface area contributed by atoms with Crippen molar-refractivity contribution >= 4 is 15.7 Å². The molecular weight excluding hydrogens is 371 g/mol. The second kappa shape index (κ2) is 8.22. The molecule has 1 unspecified atom stereocenters. The molecule has 2 aromatic carbocycles. The van der Waals surface area contributed by atoms with E-state index in [4.69, 9.17) is 0 Å². The highest BCUT2D eigenvalue weighted by atomic mass is 32.2. The highest BCUT2D eigenvalue weighted by Gasteiger charge is 2.29. The van der Waals surface area contributed by atoms with Gasteiger partial charge < -0.3 is 10.1 Å². The van der Waals surface area contributed by atoms with Gasteiger partial charge in [-0.25, -0.2) is 12.8 Å². The number of carbonyl (C=O) groups is 1. The van der Waals surface area contributed by atoms with Gasteiger partial charge in [-0.1, -0.05) is 18.2 Å². The third-order valence-corrected chi connectivity index (χ3v) is 5.69. The number of para-hydroxylation sites is 1. The monoisotopic (exact) mass is 387 g/mol. The summed E-state index contributed by atoms with van der Waals surface area (Å²) < 4.78 is 66.9. The number of rotatable bonds is 7. The number of halogens is 3. The van der Waals surface area contributed by atoms with Crippen molar-refractivity contribution in [2.75, 3.05) is 0 Å². The van der Waals surface area contributed by atoms with E-state index in [-0.39, 0.29) is 22.8 Å². The third kappa shape index (κ3) is 4.75. The van der Waals surface area contributed by atoms with Crippen LogP contribution in [0.1, 0.15) is 12.5 Å². The first-order valence-electron chi connectivity index (χ1n) is 7.51. The van der Waals surface area contributed by atoms with Gasteiger partial charge in [-0.15, -0.1) is 0 Å². The van der Waals surface area contributed by atoms with Crippen LogP contribution >= 0.6 is 0 Å². The number of alkyl halides is 2. The predicted octanol–water partition coefficient (Wildman–Crippen LogP) is 2.91. The van der Waals surface area contributed by atoms with E-state index in [0.717, 1.165) is 24.3 Å². The van der Waals surface area contributed by atoms with E-state index in [1.807, 2.05) is 0 Å². The van der Waals surface area contributed by atoms with E-state index in [2.05, 4.69) is 10.1 Å². The first kappa shape index (κ1) is 19.8. The molecule has 0 aromatic heterocycles. The topological polar surface area (TPSA) is 72.5 Å². The van der Waals surface area contributed by atoms with Crippen molar-refractivity contribution in [2.45, 2.75) is 30.2 Å². The quantitative estimate of drug-likeness (QED) is 0.742. The smallest absolute Gasteiger partial charge is 0.387 e. The molecule has 0 aliphatic rings. The van der Waals surface area contributed by atoms with Gasteiger partial charge in [0.2, 0.25) is 5.91 Å². The van der Waals surface area contributed by atoms with Crippen LogP contribution in [0.5, 0.6) is 5.75 Å². The molecule has 2 aromatic rings. The summed E-state index contributed by atoms with van der Waals surface area (Å²) in [7, 11) is -4.02. The van der Waals surface area contributed by atoms with Gasteiger partial charge in [0.15, 0.2) is 9.84 Å². The average Bonchev–Trinajstić information content (AvgIpc) is 2.60. The number of hydrogen-bond acceptors (Lipinski definition) is 4. The summed E-state index contributed by atoms with van der Waals surface area (Å²) in [6, 6.07) is 9.94. The van der Waals surface area contributed by atoms with Gasteiger partial charge in [0, 0.05) is 12.1 Å². The summed E-state index contributed by atoms with van der Waals surface area (Å²) >= 11 is 0. The Balaban J connectivity index is 2.09. The highest BCUT2D eigenvalue weighted by molar-refractivity contribution is 7.92. The van der Waals surface area contributed by atoms with Crippen LogP contribution < -0.4 is 10.1 Å². The zero-order chi connectivity index (χ0) is 19.3. The van der Waals surface area contributed by atoms with Crippen LogP contribution in [0, 0.1) is 5.82 Å². The maximum Gasteiger partial charge on any atom is 0.387 e. The van der Waals surface area contributed by atoms with Gasteiger partial charge >= 0.3 is 6.61 Å². The summed E-state index contributed by atoms with van der Waals surface area (Å²) in [4.78, 5) is 12.0. The molecule has 0 saturated heterocycles. The molecular formula is C17H16F3NO4S. The molecule has 26 heavy (non-hydrogen) atoms. The first-order chi connectivity index (χ1) is 12.2.